The Kier molecular flexibility index (Phi) is 3.05. The number of aldehydes is 1. The second-order valence-corrected chi connectivity index (χ2v) is 5.00. The van der Waals surface area contributed by atoms with Gasteiger partial charge in [0.05, 0.1) is 0 Å². The van der Waals surface area contributed by atoms with Gasteiger partial charge >= 0.3 is 0 Å². The summed E-state index contributed by atoms with van der Waals surface area (Å²) in [4.78, 5) is 14.2. The summed E-state index contributed by atoms with van der Waals surface area (Å²) in [6.45, 7) is 0. The van der Waals surface area contributed by atoms with Crippen LogP contribution >= 0.6 is 23.2 Å². The van der Waals surface area contributed by atoms with E-state index < -0.39 is 0 Å². The minimum atomic E-state index is 0.568. The molecule has 3 aromatic rings. The summed E-state index contributed by atoms with van der Waals surface area (Å²) >= 11 is 12.5. The Morgan fingerprint density at radius 3 is 2.37 bits per heavy atom. The predicted molar refractivity (Wildman–Crippen MR) is 79.1 cm³/mol. The first-order chi connectivity index (χ1) is 9.22. The van der Waals surface area contributed by atoms with Crippen molar-refractivity contribution in [2.45, 2.75) is 0 Å². The molecule has 0 atom stereocenters. The molecule has 2 aromatic carbocycles. The lowest BCUT2D eigenvalue weighted by Crippen LogP contribution is -1.85. The number of carbonyl (C=O) groups excluding carboxylic acids is 1. The third kappa shape index (κ3) is 1.93. The van der Waals surface area contributed by atoms with Crippen LogP contribution in [-0.2, 0) is 0 Å². The molecule has 0 saturated heterocycles. The molecule has 2 nitrogen and oxygen atoms in total. The van der Waals surface area contributed by atoms with Gasteiger partial charge in [0.25, 0.3) is 0 Å². The Balaban J connectivity index is 2.43. The topological polar surface area (TPSA) is 32.9 Å². The van der Waals surface area contributed by atoms with Gasteiger partial charge in [-0.15, -0.1) is 0 Å². The molecule has 0 aliphatic rings. The summed E-state index contributed by atoms with van der Waals surface area (Å²) in [5.41, 5.74) is 3.09. The molecule has 0 aliphatic heterocycles. The van der Waals surface area contributed by atoms with E-state index in [1.807, 2.05) is 18.2 Å². The van der Waals surface area contributed by atoms with Gasteiger partial charge < -0.3 is 4.98 Å². The second kappa shape index (κ2) is 4.72. The zero-order valence-electron chi connectivity index (χ0n) is 9.78. The van der Waals surface area contributed by atoms with Crippen molar-refractivity contribution in [3.8, 4) is 11.1 Å². The van der Waals surface area contributed by atoms with Gasteiger partial charge in [0.15, 0.2) is 6.29 Å². The Morgan fingerprint density at radius 2 is 1.68 bits per heavy atom. The zero-order valence-corrected chi connectivity index (χ0v) is 11.3. The van der Waals surface area contributed by atoms with Crippen molar-refractivity contribution in [1.29, 1.82) is 0 Å². The minimum Gasteiger partial charge on any atom is -0.360 e. The van der Waals surface area contributed by atoms with E-state index in [4.69, 9.17) is 23.2 Å². The Bertz CT molecular complexity index is 757. The van der Waals surface area contributed by atoms with Crippen LogP contribution in [0, 0.1) is 0 Å². The number of nitrogens with one attached hydrogen (secondary N) is 1. The van der Waals surface area contributed by atoms with E-state index in [-0.39, 0.29) is 0 Å². The molecule has 3 rings (SSSR count). The fraction of sp³-hybridized carbons (Fsp3) is 0. The summed E-state index contributed by atoms with van der Waals surface area (Å²) < 4.78 is 0. The van der Waals surface area contributed by atoms with Crippen LogP contribution in [0.2, 0.25) is 10.0 Å². The van der Waals surface area contributed by atoms with Gasteiger partial charge in [-0.3, -0.25) is 4.79 Å². The first-order valence-electron chi connectivity index (χ1n) is 5.72. The maximum atomic E-state index is 11.1. The summed E-state index contributed by atoms with van der Waals surface area (Å²) in [6.07, 6.45) is 2.51. The van der Waals surface area contributed by atoms with Crippen molar-refractivity contribution in [3.05, 3.63) is 58.2 Å². The molecule has 0 radical (unpaired) electrons. The Morgan fingerprint density at radius 1 is 1.00 bits per heavy atom. The van der Waals surface area contributed by atoms with E-state index in [9.17, 15) is 4.79 Å². The summed E-state index contributed by atoms with van der Waals surface area (Å²) in [7, 11) is 0. The lowest BCUT2D eigenvalue weighted by Gasteiger charge is -2.09. The normalized spacial score (nSPS) is 10.8. The molecule has 0 amide bonds. The fourth-order valence-corrected chi connectivity index (χ4v) is 2.87. The van der Waals surface area contributed by atoms with E-state index in [1.165, 1.54) is 0 Å². The molecule has 0 unspecified atom stereocenters. The Hall–Kier alpha value is -1.77. The van der Waals surface area contributed by atoms with E-state index in [0.717, 1.165) is 28.3 Å². The molecule has 0 aliphatic carbocycles. The molecule has 0 spiro atoms. The van der Waals surface area contributed by atoms with E-state index in [2.05, 4.69) is 4.98 Å². The van der Waals surface area contributed by atoms with Crippen LogP contribution in [0.3, 0.4) is 0 Å². The van der Waals surface area contributed by atoms with E-state index >= 15 is 0 Å². The molecule has 1 aromatic heterocycles. The number of fused-ring (bicyclic) bond motifs is 1. The van der Waals surface area contributed by atoms with Crippen LogP contribution in [-0.4, -0.2) is 11.3 Å². The number of H-pyrrole nitrogens is 1. The number of rotatable bonds is 2. The monoisotopic (exact) mass is 289 g/mol. The molecular weight excluding hydrogens is 281 g/mol. The third-order valence-electron chi connectivity index (χ3n) is 3.10. The molecule has 0 bridgehead atoms. The van der Waals surface area contributed by atoms with Gasteiger partial charge in [-0.2, -0.15) is 0 Å². The van der Waals surface area contributed by atoms with Gasteiger partial charge in [-0.25, -0.2) is 0 Å². The quantitative estimate of drug-likeness (QED) is 0.665. The SMILES string of the molecule is O=Cc1c[nH]c2cccc(-c3c(Cl)cccc3Cl)c12. The molecular formula is C15H9Cl2NO. The van der Waals surface area contributed by atoms with Gasteiger partial charge in [0.2, 0.25) is 0 Å². The van der Waals surface area contributed by atoms with Crippen molar-refractivity contribution in [2.75, 3.05) is 0 Å². The highest BCUT2D eigenvalue weighted by Crippen LogP contribution is 2.39. The molecule has 0 saturated carbocycles. The van der Waals surface area contributed by atoms with Crippen LogP contribution in [0.4, 0.5) is 0 Å². The van der Waals surface area contributed by atoms with Crippen molar-refractivity contribution < 1.29 is 4.79 Å². The van der Waals surface area contributed by atoms with Crippen molar-refractivity contribution >= 4 is 40.4 Å². The smallest absolute Gasteiger partial charge is 0.152 e. The maximum absolute atomic E-state index is 11.1. The number of hydrogen-bond acceptors (Lipinski definition) is 1. The highest BCUT2D eigenvalue weighted by Gasteiger charge is 2.14. The zero-order chi connectivity index (χ0) is 13.4. The first-order valence-corrected chi connectivity index (χ1v) is 6.47. The second-order valence-electron chi connectivity index (χ2n) is 4.19. The van der Waals surface area contributed by atoms with Gasteiger partial charge in [-0.1, -0.05) is 41.4 Å². The average Bonchev–Trinajstić information content (AvgIpc) is 2.82. The first kappa shape index (κ1) is 12.3. The molecule has 1 N–H and O–H groups in total. The fourth-order valence-electron chi connectivity index (χ4n) is 2.27. The molecule has 19 heavy (non-hydrogen) atoms. The number of aromatic amines is 1. The standard InChI is InChI=1S/C15H9Cl2NO/c16-11-4-2-5-12(17)15(11)10-3-1-6-13-14(10)9(8-19)7-18-13/h1-8,18H. The number of halogens is 2. The average molecular weight is 290 g/mol. The number of aromatic nitrogens is 1. The van der Waals surface area contributed by atoms with Crippen LogP contribution in [0.25, 0.3) is 22.0 Å². The lowest BCUT2D eigenvalue weighted by atomic mass is 9.99. The number of hydrogen-bond donors (Lipinski definition) is 1. The summed E-state index contributed by atoms with van der Waals surface area (Å²) in [5.74, 6) is 0. The summed E-state index contributed by atoms with van der Waals surface area (Å²) in [6, 6.07) is 11.1. The lowest BCUT2D eigenvalue weighted by molar-refractivity contribution is 0.112. The number of benzene rings is 2. The Labute approximate surface area is 120 Å². The van der Waals surface area contributed by atoms with Crippen molar-refractivity contribution in [1.82, 2.24) is 4.98 Å². The summed E-state index contributed by atoms with van der Waals surface area (Å²) in [5, 5.41) is 1.98. The number of carbonyl (C=O) groups is 1. The largest absolute Gasteiger partial charge is 0.360 e. The highest BCUT2D eigenvalue weighted by atomic mass is 35.5. The molecule has 0 fully saturated rings. The van der Waals surface area contributed by atoms with Crippen LogP contribution < -0.4 is 0 Å². The van der Waals surface area contributed by atoms with Gasteiger partial charge in [-0.05, 0) is 23.8 Å². The van der Waals surface area contributed by atoms with Gasteiger partial charge in [0.1, 0.15) is 0 Å². The highest BCUT2D eigenvalue weighted by molar-refractivity contribution is 6.39. The van der Waals surface area contributed by atoms with Crippen molar-refractivity contribution in [3.63, 3.8) is 0 Å². The predicted octanol–water partition coefficient (Wildman–Crippen LogP) is 4.95. The van der Waals surface area contributed by atoms with Crippen LogP contribution in [0.1, 0.15) is 10.4 Å². The van der Waals surface area contributed by atoms with Gasteiger partial charge in [0, 0.05) is 38.3 Å². The molecule has 1 heterocycles. The minimum absolute atomic E-state index is 0.568. The van der Waals surface area contributed by atoms with E-state index in [0.29, 0.717) is 15.6 Å². The molecule has 94 valence electrons. The van der Waals surface area contributed by atoms with Crippen LogP contribution in [0.15, 0.2) is 42.6 Å². The van der Waals surface area contributed by atoms with Crippen molar-refractivity contribution in [2.24, 2.45) is 0 Å². The third-order valence-corrected chi connectivity index (χ3v) is 3.73. The van der Waals surface area contributed by atoms with Crippen LogP contribution in [0.5, 0.6) is 0 Å². The van der Waals surface area contributed by atoms with E-state index in [1.54, 1.807) is 24.4 Å². The maximum Gasteiger partial charge on any atom is 0.152 e. The molecule has 4 heteroatoms.